The van der Waals surface area contributed by atoms with Crippen molar-refractivity contribution in [3.8, 4) is 5.75 Å². The van der Waals surface area contributed by atoms with Gasteiger partial charge in [0.15, 0.2) is 9.84 Å². The van der Waals surface area contributed by atoms with Crippen LogP contribution in [0.4, 0.5) is 5.69 Å². The number of carbonyl (C=O) groups is 1. The molecule has 0 aromatic heterocycles. The fraction of sp³-hybridized carbons (Fsp3) is 0.562. The maximum absolute atomic E-state index is 11.9. The summed E-state index contributed by atoms with van der Waals surface area (Å²) in [6.45, 7) is 2.80. The normalized spacial score (nSPS) is 19.8. The van der Waals surface area contributed by atoms with Crippen LogP contribution in [-0.4, -0.2) is 32.4 Å². The van der Waals surface area contributed by atoms with Gasteiger partial charge in [-0.1, -0.05) is 13.3 Å². The first kappa shape index (κ1) is 16.8. The second-order valence-corrected chi connectivity index (χ2v) is 7.98. The summed E-state index contributed by atoms with van der Waals surface area (Å²) in [6, 6.07) is 7.24. The van der Waals surface area contributed by atoms with E-state index in [1.165, 1.54) is 0 Å². The van der Waals surface area contributed by atoms with Gasteiger partial charge < -0.3 is 10.1 Å². The molecule has 1 N–H and O–H groups in total. The predicted octanol–water partition coefficient (Wildman–Crippen LogP) is 2.63. The average molecular weight is 325 g/mol. The molecule has 1 atom stereocenters. The van der Waals surface area contributed by atoms with Gasteiger partial charge in [-0.2, -0.15) is 0 Å². The summed E-state index contributed by atoms with van der Waals surface area (Å²) in [5, 5.41) is 2.80. The molecule has 0 saturated carbocycles. The zero-order chi connectivity index (χ0) is 16.0. The van der Waals surface area contributed by atoms with Crippen molar-refractivity contribution in [3.05, 3.63) is 24.3 Å². The second kappa shape index (κ2) is 7.63. The molecule has 0 aliphatic carbocycles. The Morgan fingerprint density at radius 2 is 2.05 bits per heavy atom. The summed E-state index contributed by atoms with van der Waals surface area (Å²) in [4.78, 5) is 11.9. The summed E-state index contributed by atoms with van der Waals surface area (Å²) in [7, 11) is -2.93. The lowest BCUT2D eigenvalue weighted by molar-refractivity contribution is -0.116. The second-order valence-electron chi connectivity index (χ2n) is 5.75. The van der Waals surface area contributed by atoms with Crippen LogP contribution in [0.1, 0.15) is 32.6 Å². The Balaban J connectivity index is 1.79. The molecule has 6 heteroatoms. The molecule has 1 amide bonds. The molecule has 1 heterocycles. The Morgan fingerprint density at radius 1 is 1.32 bits per heavy atom. The smallest absolute Gasteiger partial charge is 0.224 e. The minimum absolute atomic E-state index is 0.0540. The molecule has 0 bridgehead atoms. The summed E-state index contributed by atoms with van der Waals surface area (Å²) in [5.41, 5.74) is 0.702. The van der Waals surface area contributed by atoms with E-state index in [1.807, 2.05) is 12.1 Å². The highest BCUT2D eigenvalue weighted by Crippen LogP contribution is 2.22. The van der Waals surface area contributed by atoms with E-state index >= 15 is 0 Å². The average Bonchev–Trinajstić information content (AvgIpc) is 2.80. The molecular weight excluding hydrogens is 302 g/mol. The fourth-order valence-electron chi connectivity index (χ4n) is 2.48. The van der Waals surface area contributed by atoms with Crippen LogP contribution >= 0.6 is 0 Å². The predicted molar refractivity (Wildman–Crippen MR) is 86.9 cm³/mol. The Bertz CT molecular complexity index is 595. The van der Waals surface area contributed by atoms with Crippen LogP contribution in [0, 0.1) is 5.92 Å². The first-order valence-corrected chi connectivity index (χ1v) is 9.54. The van der Waals surface area contributed by atoms with E-state index in [-0.39, 0.29) is 29.8 Å². The SMILES string of the molecule is CCCCOc1ccc(NC(=O)C[C@@H]2CCS(=O)(=O)C2)cc1. The molecule has 0 unspecified atom stereocenters. The Kier molecular flexibility index (Phi) is 5.83. The van der Waals surface area contributed by atoms with E-state index in [0.717, 1.165) is 18.6 Å². The number of hydrogen-bond donors (Lipinski definition) is 1. The Labute approximate surface area is 132 Å². The lowest BCUT2D eigenvalue weighted by atomic mass is 10.1. The molecule has 0 spiro atoms. The van der Waals surface area contributed by atoms with Crippen molar-refractivity contribution in [2.45, 2.75) is 32.6 Å². The van der Waals surface area contributed by atoms with Crippen LogP contribution in [0.15, 0.2) is 24.3 Å². The number of ether oxygens (including phenoxy) is 1. The zero-order valence-corrected chi connectivity index (χ0v) is 13.7. The maximum Gasteiger partial charge on any atom is 0.224 e. The summed E-state index contributed by atoms with van der Waals surface area (Å²) < 4.78 is 28.3. The lowest BCUT2D eigenvalue weighted by Crippen LogP contribution is -2.17. The standard InChI is InChI=1S/C16H23NO4S/c1-2-3-9-21-15-6-4-14(5-7-15)17-16(18)11-13-8-10-22(19,20)12-13/h4-7,13H,2-3,8-12H2,1H3,(H,17,18)/t13-/m0/s1. The van der Waals surface area contributed by atoms with Crippen molar-refractivity contribution in [2.24, 2.45) is 5.92 Å². The molecule has 1 aliphatic rings. The van der Waals surface area contributed by atoms with Crippen molar-refractivity contribution in [1.29, 1.82) is 0 Å². The third-order valence-corrected chi connectivity index (χ3v) is 5.54. The number of sulfone groups is 1. The highest BCUT2D eigenvalue weighted by atomic mass is 32.2. The first-order chi connectivity index (χ1) is 10.5. The monoisotopic (exact) mass is 325 g/mol. The molecule has 22 heavy (non-hydrogen) atoms. The van der Waals surface area contributed by atoms with Gasteiger partial charge in [0.1, 0.15) is 5.75 Å². The van der Waals surface area contributed by atoms with Crippen molar-refractivity contribution < 1.29 is 17.9 Å². The van der Waals surface area contributed by atoms with Gasteiger partial charge in [-0.05, 0) is 43.0 Å². The number of benzene rings is 1. The van der Waals surface area contributed by atoms with Gasteiger partial charge >= 0.3 is 0 Å². The van der Waals surface area contributed by atoms with Gasteiger partial charge in [0.2, 0.25) is 5.91 Å². The number of rotatable bonds is 7. The number of anilines is 1. The number of unbranched alkanes of at least 4 members (excludes halogenated alkanes) is 1. The van der Waals surface area contributed by atoms with Crippen molar-refractivity contribution >= 4 is 21.4 Å². The minimum Gasteiger partial charge on any atom is -0.494 e. The first-order valence-electron chi connectivity index (χ1n) is 7.71. The molecule has 1 aromatic rings. The third kappa shape index (κ3) is 5.33. The topological polar surface area (TPSA) is 72.5 Å². The van der Waals surface area contributed by atoms with E-state index in [9.17, 15) is 13.2 Å². The molecular formula is C16H23NO4S. The number of amides is 1. The Morgan fingerprint density at radius 3 is 2.64 bits per heavy atom. The molecule has 1 fully saturated rings. The van der Waals surface area contributed by atoms with Crippen LogP contribution in [-0.2, 0) is 14.6 Å². The van der Waals surface area contributed by atoms with Gasteiger partial charge in [-0.25, -0.2) is 8.42 Å². The minimum atomic E-state index is -2.93. The van der Waals surface area contributed by atoms with Gasteiger partial charge in [-0.15, -0.1) is 0 Å². The van der Waals surface area contributed by atoms with Crippen LogP contribution in [0.25, 0.3) is 0 Å². The molecule has 1 saturated heterocycles. The molecule has 122 valence electrons. The van der Waals surface area contributed by atoms with E-state index in [0.29, 0.717) is 18.7 Å². The van der Waals surface area contributed by atoms with E-state index in [4.69, 9.17) is 4.74 Å². The van der Waals surface area contributed by atoms with E-state index in [2.05, 4.69) is 12.2 Å². The van der Waals surface area contributed by atoms with E-state index in [1.54, 1.807) is 12.1 Å². The summed E-state index contributed by atoms with van der Waals surface area (Å²) in [6.07, 6.45) is 2.95. The van der Waals surface area contributed by atoms with Crippen LogP contribution in [0.2, 0.25) is 0 Å². The fourth-order valence-corrected chi connectivity index (χ4v) is 4.34. The number of hydrogen-bond acceptors (Lipinski definition) is 4. The van der Waals surface area contributed by atoms with Gasteiger partial charge in [-0.3, -0.25) is 4.79 Å². The number of carbonyl (C=O) groups excluding carboxylic acids is 1. The molecule has 1 aliphatic heterocycles. The highest BCUT2D eigenvalue weighted by molar-refractivity contribution is 7.91. The van der Waals surface area contributed by atoms with Crippen molar-refractivity contribution in [2.75, 3.05) is 23.4 Å². The van der Waals surface area contributed by atoms with E-state index < -0.39 is 9.84 Å². The maximum atomic E-state index is 11.9. The lowest BCUT2D eigenvalue weighted by Gasteiger charge is -2.10. The molecule has 2 rings (SSSR count). The largest absolute Gasteiger partial charge is 0.494 e. The van der Waals surface area contributed by atoms with Gasteiger partial charge in [0.05, 0.1) is 18.1 Å². The van der Waals surface area contributed by atoms with Crippen molar-refractivity contribution in [3.63, 3.8) is 0 Å². The zero-order valence-electron chi connectivity index (χ0n) is 12.9. The molecule has 5 nitrogen and oxygen atoms in total. The van der Waals surface area contributed by atoms with Gasteiger partial charge in [0, 0.05) is 12.1 Å². The highest BCUT2D eigenvalue weighted by Gasteiger charge is 2.29. The third-order valence-electron chi connectivity index (χ3n) is 3.71. The summed E-state index contributed by atoms with van der Waals surface area (Å²) in [5.74, 6) is 0.927. The quantitative estimate of drug-likeness (QED) is 0.782. The van der Waals surface area contributed by atoms with Crippen molar-refractivity contribution in [1.82, 2.24) is 0 Å². The Hall–Kier alpha value is -1.56. The molecule has 0 radical (unpaired) electrons. The van der Waals surface area contributed by atoms with Crippen LogP contribution < -0.4 is 10.1 Å². The van der Waals surface area contributed by atoms with Crippen LogP contribution in [0.3, 0.4) is 0 Å². The van der Waals surface area contributed by atoms with Gasteiger partial charge in [0.25, 0.3) is 0 Å². The summed E-state index contributed by atoms with van der Waals surface area (Å²) >= 11 is 0. The number of nitrogens with one attached hydrogen (secondary N) is 1. The molecule has 1 aromatic carbocycles. The van der Waals surface area contributed by atoms with Crippen LogP contribution in [0.5, 0.6) is 5.75 Å².